The molecule has 3 rings (SSSR count). The highest BCUT2D eigenvalue weighted by Crippen LogP contribution is 2.16. The van der Waals surface area contributed by atoms with Gasteiger partial charge in [0.1, 0.15) is 5.82 Å². The van der Waals surface area contributed by atoms with Crippen LogP contribution in [0.4, 0.5) is 4.39 Å². The van der Waals surface area contributed by atoms with Gasteiger partial charge in [-0.05, 0) is 80.8 Å². The molecule has 0 N–H and O–H groups in total. The summed E-state index contributed by atoms with van der Waals surface area (Å²) in [6.45, 7) is 7.99. The molecule has 0 aliphatic heterocycles. The van der Waals surface area contributed by atoms with Gasteiger partial charge in [-0.15, -0.1) is 0 Å². The molecule has 0 fully saturated rings. The second kappa shape index (κ2) is 7.94. The molecule has 3 aromatic carbocycles. The van der Waals surface area contributed by atoms with Crippen molar-refractivity contribution in [2.45, 2.75) is 27.7 Å². The summed E-state index contributed by atoms with van der Waals surface area (Å²) < 4.78 is 13.9. The Kier molecular flexibility index (Phi) is 5.44. The number of aryl methyl sites for hydroxylation is 4. The van der Waals surface area contributed by atoms with Gasteiger partial charge in [0.2, 0.25) is 0 Å². The van der Waals surface area contributed by atoms with E-state index < -0.39 is 0 Å². The molecule has 0 aromatic heterocycles. The summed E-state index contributed by atoms with van der Waals surface area (Å²) in [4.78, 5) is 0. The van der Waals surface area contributed by atoms with Crippen LogP contribution in [0.15, 0.2) is 54.6 Å². The van der Waals surface area contributed by atoms with E-state index in [-0.39, 0.29) is 5.82 Å². The fourth-order valence-corrected chi connectivity index (χ4v) is 2.87. The first-order valence-electron chi connectivity index (χ1n) is 8.90. The Morgan fingerprint density at radius 1 is 0.593 bits per heavy atom. The summed E-state index contributed by atoms with van der Waals surface area (Å²) in [6.07, 6.45) is 0. The highest BCUT2D eigenvalue weighted by molar-refractivity contribution is 5.55. The van der Waals surface area contributed by atoms with Crippen molar-refractivity contribution in [3.63, 3.8) is 0 Å². The molecule has 0 aliphatic rings. The Hall–Kier alpha value is -3.29. The van der Waals surface area contributed by atoms with Crippen LogP contribution in [0.1, 0.15) is 44.5 Å². The summed E-state index contributed by atoms with van der Waals surface area (Å²) in [5.74, 6) is 12.2. The Labute approximate surface area is 161 Å². The fraction of sp³-hybridized carbons (Fsp3) is 0.154. The van der Waals surface area contributed by atoms with E-state index in [4.69, 9.17) is 0 Å². The minimum Gasteiger partial charge on any atom is -0.206 e. The normalized spacial score (nSPS) is 9.81. The Bertz CT molecular complexity index is 1090. The summed E-state index contributed by atoms with van der Waals surface area (Å²) >= 11 is 0. The predicted molar refractivity (Wildman–Crippen MR) is 110 cm³/mol. The van der Waals surface area contributed by atoms with Gasteiger partial charge in [-0.1, -0.05) is 47.4 Å². The molecule has 0 aliphatic carbocycles. The molecule has 27 heavy (non-hydrogen) atoms. The number of hydrogen-bond acceptors (Lipinski definition) is 0. The molecule has 132 valence electrons. The quantitative estimate of drug-likeness (QED) is 0.445. The summed E-state index contributed by atoms with van der Waals surface area (Å²) in [6, 6.07) is 17.3. The standard InChI is InChI=1S/C26H21F/c1-18-5-8-22(9-6-18)11-14-25-20(3)16-23(17-21(25)4)10-13-24-12-7-19(2)15-26(24)27/h5-9,12,15-17H,1-4H3. The summed E-state index contributed by atoms with van der Waals surface area (Å²) in [7, 11) is 0. The second-order valence-electron chi connectivity index (χ2n) is 6.83. The molecule has 0 atom stereocenters. The molecule has 0 bridgehead atoms. The first kappa shape index (κ1) is 18.5. The maximum atomic E-state index is 13.9. The smallest absolute Gasteiger partial charge is 0.139 e. The molecule has 3 aromatic rings. The van der Waals surface area contributed by atoms with Crippen LogP contribution >= 0.6 is 0 Å². The molecule has 1 heteroatoms. The van der Waals surface area contributed by atoms with Crippen LogP contribution < -0.4 is 0 Å². The van der Waals surface area contributed by atoms with E-state index >= 15 is 0 Å². The largest absolute Gasteiger partial charge is 0.206 e. The Morgan fingerprint density at radius 2 is 1.19 bits per heavy atom. The summed E-state index contributed by atoms with van der Waals surface area (Å²) in [5, 5.41) is 0. The van der Waals surface area contributed by atoms with E-state index in [0.717, 1.165) is 33.4 Å². The monoisotopic (exact) mass is 352 g/mol. The van der Waals surface area contributed by atoms with Gasteiger partial charge in [0.15, 0.2) is 0 Å². The minimum absolute atomic E-state index is 0.281. The highest BCUT2D eigenvalue weighted by atomic mass is 19.1. The lowest BCUT2D eigenvalue weighted by Crippen LogP contribution is -1.91. The van der Waals surface area contributed by atoms with Gasteiger partial charge in [-0.3, -0.25) is 0 Å². The molecule has 0 nitrogen and oxygen atoms in total. The van der Waals surface area contributed by atoms with Crippen LogP contribution in [0.5, 0.6) is 0 Å². The first-order chi connectivity index (χ1) is 12.9. The van der Waals surface area contributed by atoms with Gasteiger partial charge in [0.25, 0.3) is 0 Å². The molecule has 0 saturated carbocycles. The summed E-state index contributed by atoms with van der Waals surface area (Å²) in [5.41, 5.74) is 7.56. The molecule has 0 spiro atoms. The van der Waals surface area contributed by atoms with Crippen molar-refractivity contribution in [2.24, 2.45) is 0 Å². The lowest BCUT2D eigenvalue weighted by atomic mass is 9.99. The van der Waals surface area contributed by atoms with E-state index in [1.54, 1.807) is 6.07 Å². The van der Waals surface area contributed by atoms with Crippen molar-refractivity contribution >= 4 is 0 Å². The third kappa shape index (κ3) is 4.66. The molecule has 0 heterocycles. The minimum atomic E-state index is -0.281. The molecule has 0 saturated heterocycles. The van der Waals surface area contributed by atoms with Gasteiger partial charge < -0.3 is 0 Å². The lowest BCUT2D eigenvalue weighted by molar-refractivity contribution is 0.623. The van der Waals surface area contributed by atoms with Crippen LogP contribution in [0.3, 0.4) is 0 Å². The van der Waals surface area contributed by atoms with Crippen molar-refractivity contribution in [3.8, 4) is 23.7 Å². The SMILES string of the molecule is Cc1ccc(C#Cc2c(C)cc(C#Cc3ccc(C)cc3F)cc2C)cc1. The van der Waals surface area contributed by atoms with E-state index in [1.807, 2.05) is 51.1 Å². The van der Waals surface area contributed by atoms with E-state index in [9.17, 15) is 4.39 Å². The van der Waals surface area contributed by atoms with Crippen molar-refractivity contribution in [3.05, 3.63) is 105 Å². The van der Waals surface area contributed by atoms with E-state index in [1.165, 1.54) is 11.6 Å². The third-order valence-electron chi connectivity index (χ3n) is 4.38. The highest BCUT2D eigenvalue weighted by Gasteiger charge is 2.03. The number of hydrogen-bond donors (Lipinski definition) is 0. The third-order valence-corrected chi connectivity index (χ3v) is 4.38. The van der Waals surface area contributed by atoms with Crippen LogP contribution in [0.2, 0.25) is 0 Å². The van der Waals surface area contributed by atoms with Crippen molar-refractivity contribution in [1.29, 1.82) is 0 Å². The lowest BCUT2D eigenvalue weighted by Gasteiger charge is -2.04. The predicted octanol–water partition coefficient (Wildman–Crippen LogP) is 5.86. The van der Waals surface area contributed by atoms with E-state index in [2.05, 4.69) is 42.7 Å². The molecule has 0 radical (unpaired) electrons. The fourth-order valence-electron chi connectivity index (χ4n) is 2.87. The number of halogens is 1. The maximum absolute atomic E-state index is 13.9. The van der Waals surface area contributed by atoms with Crippen molar-refractivity contribution < 1.29 is 4.39 Å². The van der Waals surface area contributed by atoms with Crippen LogP contribution in [0.25, 0.3) is 0 Å². The zero-order valence-electron chi connectivity index (χ0n) is 16.1. The maximum Gasteiger partial charge on any atom is 0.139 e. The Balaban J connectivity index is 1.90. The van der Waals surface area contributed by atoms with Crippen LogP contribution in [0, 0.1) is 57.2 Å². The number of rotatable bonds is 0. The first-order valence-corrected chi connectivity index (χ1v) is 8.90. The van der Waals surface area contributed by atoms with Crippen LogP contribution in [-0.4, -0.2) is 0 Å². The van der Waals surface area contributed by atoms with Gasteiger partial charge in [-0.25, -0.2) is 4.39 Å². The van der Waals surface area contributed by atoms with Gasteiger partial charge >= 0.3 is 0 Å². The molecular weight excluding hydrogens is 331 g/mol. The van der Waals surface area contributed by atoms with Gasteiger partial charge in [-0.2, -0.15) is 0 Å². The van der Waals surface area contributed by atoms with Gasteiger partial charge in [0.05, 0.1) is 5.56 Å². The molecule has 0 unspecified atom stereocenters. The van der Waals surface area contributed by atoms with Gasteiger partial charge in [0, 0.05) is 16.7 Å². The molecular formula is C26H21F. The molecule has 0 amide bonds. The topological polar surface area (TPSA) is 0 Å². The Morgan fingerprint density at radius 3 is 1.81 bits per heavy atom. The second-order valence-corrected chi connectivity index (χ2v) is 6.83. The van der Waals surface area contributed by atoms with E-state index in [0.29, 0.717) is 5.56 Å². The zero-order chi connectivity index (χ0) is 19.4. The number of benzene rings is 3. The van der Waals surface area contributed by atoms with Crippen molar-refractivity contribution in [1.82, 2.24) is 0 Å². The van der Waals surface area contributed by atoms with Crippen molar-refractivity contribution in [2.75, 3.05) is 0 Å². The average molecular weight is 352 g/mol. The zero-order valence-corrected chi connectivity index (χ0v) is 16.1. The average Bonchev–Trinajstić information content (AvgIpc) is 2.62. The van der Waals surface area contributed by atoms with Crippen LogP contribution in [-0.2, 0) is 0 Å².